The fraction of sp³-hybridized carbons (Fsp3) is 0.929. The summed E-state index contributed by atoms with van der Waals surface area (Å²) in [5.41, 5.74) is 0. The van der Waals surface area contributed by atoms with Gasteiger partial charge in [0.15, 0.2) is 0 Å². The van der Waals surface area contributed by atoms with Crippen molar-refractivity contribution in [3.05, 3.63) is 0 Å². The number of hydrogen-bond donors (Lipinski definition) is 1. The van der Waals surface area contributed by atoms with Crippen LogP contribution in [0.3, 0.4) is 0 Å². The second-order valence-electron chi connectivity index (χ2n) is 5.32. The van der Waals surface area contributed by atoms with Gasteiger partial charge in [0.25, 0.3) is 0 Å². The Balaban J connectivity index is 2.44. The van der Waals surface area contributed by atoms with Crippen LogP contribution in [0.25, 0.3) is 0 Å². The molecule has 0 aliphatic heterocycles. The molecule has 0 radical (unpaired) electrons. The first kappa shape index (κ1) is 16.3. The highest BCUT2D eigenvalue weighted by molar-refractivity contribution is 5.73. The highest BCUT2D eigenvalue weighted by atomic mass is 19.3. The molecule has 1 aliphatic carbocycles. The lowest BCUT2D eigenvalue weighted by Crippen LogP contribution is -2.36. The van der Waals surface area contributed by atoms with E-state index in [1.807, 2.05) is 0 Å². The second kappa shape index (κ2) is 8.46. The predicted octanol–water partition coefficient (Wildman–Crippen LogP) is 4.35. The molecule has 0 saturated heterocycles. The summed E-state index contributed by atoms with van der Waals surface area (Å²) in [6.07, 6.45) is 5.99. The zero-order valence-electron chi connectivity index (χ0n) is 11.4. The monoisotopic (exact) mass is 278 g/mol. The van der Waals surface area contributed by atoms with E-state index in [0.717, 1.165) is 38.5 Å². The van der Waals surface area contributed by atoms with E-state index in [0.29, 0.717) is 12.8 Å². The van der Waals surface area contributed by atoms with Gasteiger partial charge in [0.2, 0.25) is 0 Å². The summed E-state index contributed by atoms with van der Waals surface area (Å²) in [7, 11) is 0. The third-order valence-corrected chi connectivity index (χ3v) is 3.62. The minimum absolute atomic E-state index is 0.531. The van der Waals surface area contributed by atoms with Crippen molar-refractivity contribution in [2.45, 2.75) is 82.8 Å². The van der Waals surface area contributed by atoms with E-state index in [9.17, 15) is 13.6 Å². The summed E-state index contributed by atoms with van der Waals surface area (Å²) in [4.78, 5) is 10.4. The number of aliphatic carboxylic acids is 1. The Bertz CT molecular complexity index is 257. The number of halogens is 2. The fourth-order valence-electron chi connectivity index (χ4n) is 2.50. The van der Waals surface area contributed by atoms with Gasteiger partial charge in [-0.2, -0.15) is 8.78 Å². The van der Waals surface area contributed by atoms with E-state index in [4.69, 9.17) is 5.11 Å². The van der Waals surface area contributed by atoms with Gasteiger partial charge in [-0.3, -0.25) is 0 Å². The number of carboxylic acids is 1. The number of ether oxygens (including phenoxy) is 1. The van der Waals surface area contributed by atoms with E-state index in [1.165, 1.54) is 19.3 Å². The normalized spacial score (nSPS) is 21.4. The molecule has 1 aliphatic rings. The molecule has 0 bridgehead atoms. The third kappa shape index (κ3) is 6.85. The Hall–Kier alpha value is -0.710. The molecule has 1 fully saturated rings. The highest BCUT2D eigenvalue weighted by Gasteiger charge is 2.42. The van der Waals surface area contributed by atoms with Gasteiger partial charge < -0.3 is 9.84 Å². The Morgan fingerprint density at radius 3 is 1.63 bits per heavy atom. The molecule has 3 nitrogen and oxygen atoms in total. The van der Waals surface area contributed by atoms with Gasteiger partial charge in [-0.15, -0.1) is 0 Å². The Labute approximate surface area is 113 Å². The van der Waals surface area contributed by atoms with Gasteiger partial charge in [-0.05, 0) is 12.8 Å². The Morgan fingerprint density at radius 2 is 1.26 bits per heavy atom. The van der Waals surface area contributed by atoms with Gasteiger partial charge in [0.05, 0.1) is 6.10 Å². The molecule has 0 unspecified atom stereocenters. The van der Waals surface area contributed by atoms with E-state index >= 15 is 0 Å². The molecule has 0 aromatic rings. The molecule has 1 rings (SSSR count). The minimum Gasteiger partial charge on any atom is -0.475 e. The molecule has 0 heterocycles. The average molecular weight is 278 g/mol. The first-order chi connectivity index (χ1) is 9.02. The van der Waals surface area contributed by atoms with Gasteiger partial charge in [0.1, 0.15) is 0 Å². The van der Waals surface area contributed by atoms with Gasteiger partial charge in [0, 0.05) is 0 Å². The number of carboxylic acid groups (broad SMARTS) is 1. The number of alkyl halides is 2. The molecule has 0 amide bonds. The maximum absolute atomic E-state index is 13.1. The van der Waals surface area contributed by atoms with Crippen molar-refractivity contribution in [1.82, 2.24) is 0 Å². The van der Waals surface area contributed by atoms with Crippen molar-refractivity contribution in [1.29, 1.82) is 0 Å². The van der Waals surface area contributed by atoms with E-state index in [-0.39, 0.29) is 0 Å². The predicted molar refractivity (Wildman–Crippen MR) is 68.2 cm³/mol. The first-order valence-electron chi connectivity index (χ1n) is 7.31. The van der Waals surface area contributed by atoms with Crippen molar-refractivity contribution in [3.63, 3.8) is 0 Å². The molecule has 1 saturated carbocycles. The zero-order valence-corrected chi connectivity index (χ0v) is 11.4. The van der Waals surface area contributed by atoms with Crippen LogP contribution >= 0.6 is 0 Å². The molecule has 0 aromatic carbocycles. The van der Waals surface area contributed by atoms with Crippen molar-refractivity contribution < 1.29 is 23.4 Å². The molecule has 0 atom stereocenters. The third-order valence-electron chi connectivity index (χ3n) is 3.62. The largest absolute Gasteiger partial charge is 0.475 e. The molecule has 112 valence electrons. The van der Waals surface area contributed by atoms with Crippen LogP contribution < -0.4 is 0 Å². The molecular formula is C14H24F2O3. The lowest BCUT2D eigenvalue weighted by Gasteiger charge is -2.22. The van der Waals surface area contributed by atoms with Gasteiger partial charge >= 0.3 is 12.1 Å². The summed E-state index contributed by atoms with van der Waals surface area (Å²) < 4.78 is 30.7. The average Bonchev–Trinajstić information content (AvgIpc) is 2.32. The van der Waals surface area contributed by atoms with Crippen LogP contribution in [0.4, 0.5) is 8.78 Å². The Morgan fingerprint density at radius 1 is 0.895 bits per heavy atom. The SMILES string of the molecule is O=C(O)C(F)(F)OC1CCCCCCCCCCC1. The summed E-state index contributed by atoms with van der Waals surface area (Å²) in [5.74, 6) is -2.20. The van der Waals surface area contributed by atoms with Crippen LogP contribution in [-0.2, 0) is 9.53 Å². The molecular weight excluding hydrogens is 254 g/mol. The lowest BCUT2D eigenvalue weighted by atomic mass is 9.99. The lowest BCUT2D eigenvalue weighted by molar-refractivity contribution is -0.264. The summed E-state index contributed by atoms with van der Waals surface area (Å²) in [5, 5.41) is 8.41. The van der Waals surface area contributed by atoms with Gasteiger partial charge in [-0.1, -0.05) is 57.8 Å². The number of rotatable bonds is 3. The first-order valence-corrected chi connectivity index (χ1v) is 7.31. The number of carbonyl (C=O) groups is 1. The molecule has 5 heteroatoms. The van der Waals surface area contributed by atoms with Crippen molar-refractivity contribution in [2.24, 2.45) is 0 Å². The summed E-state index contributed by atoms with van der Waals surface area (Å²) in [6.45, 7) is 0. The topological polar surface area (TPSA) is 46.5 Å². The van der Waals surface area contributed by atoms with Crippen LogP contribution in [0.15, 0.2) is 0 Å². The highest BCUT2D eigenvalue weighted by Crippen LogP contribution is 2.25. The quantitative estimate of drug-likeness (QED) is 0.834. The minimum atomic E-state index is -4.05. The Kier molecular flexibility index (Phi) is 7.28. The molecule has 0 spiro atoms. The van der Waals surface area contributed by atoms with E-state index in [2.05, 4.69) is 4.74 Å². The van der Waals surface area contributed by atoms with Gasteiger partial charge in [-0.25, -0.2) is 4.79 Å². The fourth-order valence-corrected chi connectivity index (χ4v) is 2.50. The van der Waals surface area contributed by atoms with Crippen molar-refractivity contribution in [2.75, 3.05) is 0 Å². The van der Waals surface area contributed by atoms with Crippen LogP contribution in [0.5, 0.6) is 0 Å². The molecule has 19 heavy (non-hydrogen) atoms. The van der Waals surface area contributed by atoms with Crippen LogP contribution in [0, 0.1) is 0 Å². The number of hydrogen-bond acceptors (Lipinski definition) is 2. The standard InChI is InChI=1S/C14H24F2O3/c15-14(16,13(17)18)19-12-10-8-6-4-2-1-3-5-7-9-11-12/h12H,1-11H2,(H,17,18). The summed E-state index contributed by atoms with van der Waals surface area (Å²) in [6, 6.07) is 0. The maximum Gasteiger partial charge on any atom is 0.456 e. The summed E-state index contributed by atoms with van der Waals surface area (Å²) >= 11 is 0. The second-order valence-corrected chi connectivity index (χ2v) is 5.32. The van der Waals surface area contributed by atoms with Crippen molar-refractivity contribution >= 4 is 5.97 Å². The molecule has 0 aromatic heterocycles. The van der Waals surface area contributed by atoms with Crippen LogP contribution in [0.1, 0.15) is 70.6 Å². The molecule has 1 N–H and O–H groups in total. The van der Waals surface area contributed by atoms with Crippen LogP contribution in [-0.4, -0.2) is 23.3 Å². The van der Waals surface area contributed by atoms with Crippen LogP contribution in [0.2, 0.25) is 0 Å². The van der Waals surface area contributed by atoms with E-state index < -0.39 is 18.2 Å². The zero-order chi connectivity index (χ0) is 14.1. The maximum atomic E-state index is 13.1. The van der Waals surface area contributed by atoms with E-state index in [1.54, 1.807) is 0 Å². The smallest absolute Gasteiger partial charge is 0.456 e. The van der Waals surface area contributed by atoms with Crippen molar-refractivity contribution in [3.8, 4) is 0 Å².